The van der Waals surface area contributed by atoms with Crippen LogP contribution in [0.3, 0.4) is 0 Å². The molecule has 2 atom stereocenters. The summed E-state index contributed by atoms with van der Waals surface area (Å²) in [4.78, 5) is 1.93. The van der Waals surface area contributed by atoms with Crippen LogP contribution in [0, 0.1) is 5.92 Å². The highest BCUT2D eigenvalue weighted by Crippen LogP contribution is 2.34. The number of alkyl halides is 3. The number of likely N-dealkylation sites (tertiary alicyclic amines) is 1. The number of hydrogen-bond acceptors (Lipinski definition) is 1. The summed E-state index contributed by atoms with van der Waals surface area (Å²) in [5.41, 5.74) is 0. The van der Waals surface area contributed by atoms with E-state index >= 15 is 0 Å². The summed E-state index contributed by atoms with van der Waals surface area (Å²) in [5, 5.41) is 0. The second kappa shape index (κ2) is 3.86. The summed E-state index contributed by atoms with van der Waals surface area (Å²) in [5.74, 6) is -1.10. The first-order valence-corrected chi connectivity index (χ1v) is 4.76. The van der Waals surface area contributed by atoms with Gasteiger partial charge in [-0.05, 0) is 26.3 Å². The molecule has 4 heteroatoms. The van der Waals surface area contributed by atoms with Gasteiger partial charge in [0.2, 0.25) is 0 Å². The van der Waals surface area contributed by atoms with Gasteiger partial charge in [-0.3, -0.25) is 0 Å². The van der Waals surface area contributed by atoms with E-state index in [1.54, 1.807) is 0 Å². The van der Waals surface area contributed by atoms with Crippen molar-refractivity contribution in [1.29, 1.82) is 0 Å². The third-order valence-electron chi connectivity index (χ3n) is 2.90. The molecule has 0 aromatic carbocycles. The molecule has 1 aliphatic heterocycles. The molecule has 0 spiro atoms. The Kier molecular flexibility index (Phi) is 3.22. The summed E-state index contributed by atoms with van der Waals surface area (Å²) in [6.45, 7) is 4.78. The summed E-state index contributed by atoms with van der Waals surface area (Å²) in [6.07, 6.45) is -2.80. The second-order valence-corrected chi connectivity index (χ2v) is 3.78. The summed E-state index contributed by atoms with van der Waals surface area (Å²) in [7, 11) is 0. The van der Waals surface area contributed by atoms with E-state index in [9.17, 15) is 13.2 Å². The molecule has 0 radical (unpaired) electrons. The lowest BCUT2D eigenvalue weighted by atomic mass is 10.1. The molecule has 0 N–H and O–H groups in total. The van der Waals surface area contributed by atoms with Crippen molar-refractivity contribution in [2.75, 3.05) is 13.1 Å². The maximum absolute atomic E-state index is 12.3. The number of nitrogens with zero attached hydrogens (tertiary/aromatic N) is 1. The van der Waals surface area contributed by atoms with Gasteiger partial charge in [-0.2, -0.15) is 13.2 Å². The summed E-state index contributed by atoms with van der Waals surface area (Å²) >= 11 is 0. The average molecular weight is 195 g/mol. The average Bonchev–Trinajstić information content (AvgIpc) is 2.50. The van der Waals surface area contributed by atoms with Crippen LogP contribution in [0.5, 0.6) is 0 Å². The molecule has 1 fully saturated rings. The van der Waals surface area contributed by atoms with Crippen LogP contribution in [-0.2, 0) is 0 Å². The molecule has 0 aromatic heterocycles. The van der Waals surface area contributed by atoms with Crippen LogP contribution in [0.1, 0.15) is 26.7 Å². The largest absolute Gasteiger partial charge is 0.393 e. The Hall–Kier alpha value is -0.250. The van der Waals surface area contributed by atoms with Gasteiger partial charge in [0.25, 0.3) is 0 Å². The van der Waals surface area contributed by atoms with E-state index in [0.717, 1.165) is 6.42 Å². The van der Waals surface area contributed by atoms with E-state index in [-0.39, 0.29) is 19.0 Å². The predicted molar refractivity (Wildman–Crippen MR) is 45.5 cm³/mol. The van der Waals surface area contributed by atoms with Crippen LogP contribution in [0.15, 0.2) is 0 Å². The first-order chi connectivity index (χ1) is 5.95. The number of rotatable bonds is 2. The molecule has 1 heterocycles. The number of hydrogen-bond donors (Lipinski definition) is 0. The lowest BCUT2D eigenvalue weighted by molar-refractivity contribution is -0.170. The third kappa shape index (κ3) is 2.59. The molecular weight excluding hydrogens is 179 g/mol. The van der Waals surface area contributed by atoms with Gasteiger partial charge in [-0.15, -0.1) is 0 Å². The molecule has 2 unspecified atom stereocenters. The van der Waals surface area contributed by atoms with Gasteiger partial charge in [0, 0.05) is 12.6 Å². The standard InChI is InChI=1S/C9H16F3N/c1-3-7(2)13-5-4-8(6-13)9(10,11)12/h7-8H,3-6H2,1-2H3. The van der Waals surface area contributed by atoms with Crippen molar-refractivity contribution in [2.45, 2.75) is 38.9 Å². The van der Waals surface area contributed by atoms with Crippen molar-refractivity contribution >= 4 is 0 Å². The Bertz CT molecular complexity index is 167. The zero-order valence-electron chi connectivity index (χ0n) is 8.06. The van der Waals surface area contributed by atoms with Crippen LogP contribution in [0.25, 0.3) is 0 Å². The van der Waals surface area contributed by atoms with Gasteiger partial charge in [-0.25, -0.2) is 0 Å². The maximum Gasteiger partial charge on any atom is 0.393 e. The van der Waals surface area contributed by atoms with Crippen molar-refractivity contribution in [3.8, 4) is 0 Å². The molecule has 0 aromatic rings. The van der Waals surface area contributed by atoms with Gasteiger partial charge >= 0.3 is 6.18 Å². The smallest absolute Gasteiger partial charge is 0.300 e. The zero-order valence-corrected chi connectivity index (χ0v) is 8.06. The zero-order chi connectivity index (χ0) is 10.1. The van der Waals surface area contributed by atoms with Crippen molar-refractivity contribution in [3.63, 3.8) is 0 Å². The van der Waals surface area contributed by atoms with E-state index in [1.807, 2.05) is 18.7 Å². The molecule has 13 heavy (non-hydrogen) atoms. The molecule has 1 saturated heterocycles. The molecule has 78 valence electrons. The first-order valence-electron chi connectivity index (χ1n) is 4.76. The van der Waals surface area contributed by atoms with E-state index in [4.69, 9.17) is 0 Å². The SMILES string of the molecule is CCC(C)N1CCC(C(F)(F)F)C1. The molecule has 0 bridgehead atoms. The fraction of sp³-hybridized carbons (Fsp3) is 1.00. The minimum atomic E-state index is -4.00. The Morgan fingerprint density at radius 1 is 1.46 bits per heavy atom. The van der Waals surface area contributed by atoms with Crippen molar-refractivity contribution in [1.82, 2.24) is 4.90 Å². The Labute approximate surface area is 76.9 Å². The fourth-order valence-electron chi connectivity index (χ4n) is 1.71. The Balaban J connectivity index is 2.45. The topological polar surface area (TPSA) is 3.24 Å². The first kappa shape index (κ1) is 10.8. The van der Waals surface area contributed by atoms with Crippen LogP contribution in [-0.4, -0.2) is 30.2 Å². The normalized spacial score (nSPS) is 27.9. The van der Waals surface area contributed by atoms with Crippen LogP contribution < -0.4 is 0 Å². The van der Waals surface area contributed by atoms with E-state index in [1.165, 1.54) is 0 Å². The summed E-state index contributed by atoms with van der Waals surface area (Å²) in [6, 6.07) is 0.285. The van der Waals surface area contributed by atoms with Gasteiger partial charge in [-0.1, -0.05) is 6.92 Å². The van der Waals surface area contributed by atoms with E-state index in [0.29, 0.717) is 6.54 Å². The molecule has 1 aliphatic rings. The van der Waals surface area contributed by atoms with E-state index in [2.05, 4.69) is 0 Å². The highest BCUT2D eigenvalue weighted by Gasteiger charge is 2.43. The molecule has 1 nitrogen and oxygen atoms in total. The Morgan fingerprint density at radius 3 is 2.46 bits per heavy atom. The lowest BCUT2D eigenvalue weighted by Gasteiger charge is -2.23. The summed E-state index contributed by atoms with van der Waals surface area (Å²) < 4.78 is 36.8. The fourth-order valence-corrected chi connectivity index (χ4v) is 1.71. The van der Waals surface area contributed by atoms with Crippen LogP contribution in [0.2, 0.25) is 0 Å². The molecule has 0 amide bonds. The highest BCUT2D eigenvalue weighted by atomic mass is 19.4. The van der Waals surface area contributed by atoms with Crippen LogP contribution >= 0.6 is 0 Å². The molecule has 1 rings (SSSR count). The monoisotopic (exact) mass is 195 g/mol. The minimum absolute atomic E-state index is 0.193. The third-order valence-corrected chi connectivity index (χ3v) is 2.90. The maximum atomic E-state index is 12.3. The van der Waals surface area contributed by atoms with Crippen molar-refractivity contribution in [2.24, 2.45) is 5.92 Å². The van der Waals surface area contributed by atoms with Crippen LogP contribution in [0.4, 0.5) is 13.2 Å². The van der Waals surface area contributed by atoms with Gasteiger partial charge in [0.05, 0.1) is 5.92 Å². The van der Waals surface area contributed by atoms with Crippen molar-refractivity contribution < 1.29 is 13.2 Å². The van der Waals surface area contributed by atoms with Crippen molar-refractivity contribution in [3.05, 3.63) is 0 Å². The van der Waals surface area contributed by atoms with E-state index < -0.39 is 12.1 Å². The highest BCUT2D eigenvalue weighted by molar-refractivity contribution is 4.82. The second-order valence-electron chi connectivity index (χ2n) is 3.78. The molecule has 0 aliphatic carbocycles. The van der Waals surface area contributed by atoms with Gasteiger partial charge in [0.15, 0.2) is 0 Å². The van der Waals surface area contributed by atoms with Gasteiger partial charge in [0.1, 0.15) is 0 Å². The molecular formula is C9H16F3N. The van der Waals surface area contributed by atoms with Gasteiger partial charge < -0.3 is 4.90 Å². The Morgan fingerprint density at radius 2 is 2.08 bits per heavy atom. The molecule has 0 saturated carbocycles. The lowest BCUT2D eigenvalue weighted by Crippen LogP contribution is -2.33. The quantitative estimate of drug-likeness (QED) is 0.654. The number of halogens is 3. The minimum Gasteiger partial charge on any atom is -0.300 e. The predicted octanol–water partition coefficient (Wildman–Crippen LogP) is 2.67.